The second kappa shape index (κ2) is 6.59. The van der Waals surface area contributed by atoms with Gasteiger partial charge in [0.2, 0.25) is 5.90 Å². The van der Waals surface area contributed by atoms with Crippen LogP contribution in [0.25, 0.3) is 11.1 Å². The molecule has 2 aliphatic rings. The zero-order valence-corrected chi connectivity index (χ0v) is 14.0. The Morgan fingerprint density at radius 1 is 1.15 bits per heavy atom. The number of amides is 1. The Hall–Kier alpha value is -3.22. The van der Waals surface area contributed by atoms with Crippen molar-refractivity contribution in [3.63, 3.8) is 0 Å². The summed E-state index contributed by atoms with van der Waals surface area (Å²) in [5.74, 6) is 0.676. The Labute approximate surface area is 150 Å². The van der Waals surface area contributed by atoms with Crippen LogP contribution in [0, 0.1) is 16.0 Å². The van der Waals surface area contributed by atoms with Gasteiger partial charge in [0.05, 0.1) is 10.5 Å². The molecule has 1 heterocycles. The standard InChI is InChI=1S/C19H17N3O4/c23-19-21(11-13-6-7-13)12-20-18(26-19)15-8-9-16(17(10-15)22(24)25)14-4-2-1-3-5-14/h1-5,8-10,13H,6-7,11-12H2. The van der Waals surface area contributed by atoms with Gasteiger partial charge >= 0.3 is 6.09 Å². The Morgan fingerprint density at radius 2 is 1.92 bits per heavy atom. The predicted octanol–water partition coefficient (Wildman–Crippen LogP) is 3.83. The molecule has 0 atom stereocenters. The van der Waals surface area contributed by atoms with E-state index in [2.05, 4.69) is 4.99 Å². The van der Waals surface area contributed by atoms with Crippen molar-refractivity contribution in [2.75, 3.05) is 13.2 Å². The molecule has 1 aliphatic carbocycles. The monoisotopic (exact) mass is 351 g/mol. The van der Waals surface area contributed by atoms with Crippen molar-refractivity contribution < 1.29 is 14.5 Å². The van der Waals surface area contributed by atoms with Gasteiger partial charge in [0, 0.05) is 18.2 Å². The first-order valence-corrected chi connectivity index (χ1v) is 8.47. The van der Waals surface area contributed by atoms with Crippen molar-refractivity contribution >= 4 is 17.7 Å². The Bertz CT molecular complexity index is 891. The minimum Gasteiger partial charge on any atom is -0.391 e. The molecule has 1 amide bonds. The number of nitro benzene ring substituents is 1. The molecular formula is C19H17N3O4. The Kier molecular flexibility index (Phi) is 4.12. The molecular weight excluding hydrogens is 334 g/mol. The highest BCUT2D eigenvalue weighted by Crippen LogP contribution is 2.32. The summed E-state index contributed by atoms with van der Waals surface area (Å²) < 4.78 is 5.31. The van der Waals surface area contributed by atoms with Crippen molar-refractivity contribution in [3.8, 4) is 11.1 Å². The molecule has 132 valence electrons. The summed E-state index contributed by atoms with van der Waals surface area (Å²) in [6.45, 7) is 0.877. The summed E-state index contributed by atoms with van der Waals surface area (Å²) in [5.41, 5.74) is 1.64. The van der Waals surface area contributed by atoms with Crippen LogP contribution in [0.5, 0.6) is 0 Å². The van der Waals surface area contributed by atoms with E-state index in [0.717, 1.165) is 18.4 Å². The summed E-state index contributed by atoms with van der Waals surface area (Å²) in [5, 5.41) is 11.5. The number of carbonyl (C=O) groups is 1. The van der Waals surface area contributed by atoms with Crippen LogP contribution in [0.3, 0.4) is 0 Å². The van der Waals surface area contributed by atoms with Gasteiger partial charge in [-0.3, -0.25) is 15.0 Å². The second-order valence-electron chi connectivity index (χ2n) is 6.49. The smallest absolute Gasteiger partial charge is 0.391 e. The van der Waals surface area contributed by atoms with Crippen molar-refractivity contribution in [1.82, 2.24) is 4.90 Å². The van der Waals surface area contributed by atoms with Crippen LogP contribution in [-0.2, 0) is 4.74 Å². The molecule has 0 aromatic heterocycles. The van der Waals surface area contributed by atoms with Crippen LogP contribution < -0.4 is 0 Å². The summed E-state index contributed by atoms with van der Waals surface area (Å²) >= 11 is 0. The topological polar surface area (TPSA) is 85.0 Å². The largest absolute Gasteiger partial charge is 0.418 e. The number of benzene rings is 2. The van der Waals surface area contributed by atoms with Crippen molar-refractivity contribution in [2.45, 2.75) is 12.8 Å². The molecule has 0 saturated heterocycles. The number of hydrogen-bond acceptors (Lipinski definition) is 5. The first-order valence-electron chi connectivity index (χ1n) is 8.47. The third-order valence-corrected chi connectivity index (χ3v) is 4.53. The molecule has 7 heteroatoms. The van der Waals surface area contributed by atoms with Gasteiger partial charge < -0.3 is 4.74 Å². The maximum absolute atomic E-state index is 12.1. The zero-order chi connectivity index (χ0) is 18.1. The molecule has 1 aliphatic heterocycles. The third-order valence-electron chi connectivity index (χ3n) is 4.53. The molecule has 0 radical (unpaired) electrons. The molecule has 26 heavy (non-hydrogen) atoms. The van der Waals surface area contributed by atoms with Gasteiger partial charge in [0.1, 0.15) is 6.67 Å². The number of carbonyl (C=O) groups excluding carboxylic acids is 1. The van der Waals surface area contributed by atoms with E-state index >= 15 is 0 Å². The molecule has 0 N–H and O–H groups in total. The summed E-state index contributed by atoms with van der Waals surface area (Å²) in [6, 6.07) is 13.9. The van der Waals surface area contributed by atoms with Gasteiger partial charge in [-0.1, -0.05) is 30.3 Å². The average Bonchev–Trinajstić information content (AvgIpc) is 3.48. The number of cyclic esters (lactones) is 1. The summed E-state index contributed by atoms with van der Waals surface area (Å²) in [4.78, 5) is 29.1. The average molecular weight is 351 g/mol. The van der Waals surface area contributed by atoms with Crippen LogP contribution in [0.1, 0.15) is 18.4 Å². The van der Waals surface area contributed by atoms with E-state index in [4.69, 9.17) is 4.74 Å². The second-order valence-corrected chi connectivity index (χ2v) is 6.49. The molecule has 1 saturated carbocycles. The first-order chi connectivity index (χ1) is 12.6. The fourth-order valence-electron chi connectivity index (χ4n) is 2.96. The highest BCUT2D eigenvalue weighted by atomic mass is 16.6. The number of aliphatic imine (C=N–C) groups is 1. The molecule has 4 rings (SSSR count). The molecule has 0 spiro atoms. The van der Waals surface area contributed by atoms with E-state index in [9.17, 15) is 14.9 Å². The quantitative estimate of drug-likeness (QED) is 0.605. The molecule has 7 nitrogen and oxygen atoms in total. The van der Waals surface area contributed by atoms with E-state index in [1.54, 1.807) is 17.0 Å². The molecule has 1 fully saturated rings. The van der Waals surface area contributed by atoms with Gasteiger partial charge in [0.15, 0.2) is 0 Å². The van der Waals surface area contributed by atoms with Crippen molar-refractivity contribution in [1.29, 1.82) is 0 Å². The van der Waals surface area contributed by atoms with Crippen molar-refractivity contribution in [2.24, 2.45) is 10.9 Å². The lowest BCUT2D eigenvalue weighted by Gasteiger charge is -2.24. The van der Waals surface area contributed by atoms with E-state index in [1.165, 1.54) is 6.07 Å². The van der Waals surface area contributed by atoms with Gasteiger partial charge in [0.25, 0.3) is 5.69 Å². The van der Waals surface area contributed by atoms with Crippen molar-refractivity contribution in [3.05, 3.63) is 64.2 Å². The first kappa shape index (κ1) is 16.3. The van der Waals surface area contributed by atoms with Crippen LogP contribution in [0.15, 0.2) is 53.5 Å². The SMILES string of the molecule is O=C1OC(c2ccc(-c3ccccc3)c([N+](=O)[O-])c2)=NCN1CC1CC1. The predicted molar refractivity (Wildman–Crippen MR) is 95.8 cm³/mol. The van der Waals surface area contributed by atoms with E-state index < -0.39 is 11.0 Å². The Morgan fingerprint density at radius 3 is 2.58 bits per heavy atom. The highest BCUT2D eigenvalue weighted by Gasteiger charge is 2.31. The fraction of sp³-hybridized carbons (Fsp3) is 0.263. The number of nitro groups is 1. The third kappa shape index (κ3) is 3.28. The lowest BCUT2D eigenvalue weighted by molar-refractivity contribution is -0.384. The van der Waals surface area contributed by atoms with E-state index in [0.29, 0.717) is 23.6 Å². The van der Waals surface area contributed by atoms with Gasteiger partial charge in [-0.2, -0.15) is 0 Å². The minimum absolute atomic E-state index is 0.0483. The lowest BCUT2D eigenvalue weighted by atomic mass is 10.0. The fourth-order valence-corrected chi connectivity index (χ4v) is 2.96. The van der Waals surface area contributed by atoms with E-state index in [1.807, 2.05) is 30.3 Å². The normalized spacial score (nSPS) is 16.8. The maximum Gasteiger partial charge on any atom is 0.418 e. The van der Waals surface area contributed by atoms with Crippen LogP contribution in [0.2, 0.25) is 0 Å². The molecule has 2 aromatic carbocycles. The van der Waals surface area contributed by atoms with Gasteiger partial charge in [-0.15, -0.1) is 0 Å². The molecule has 0 unspecified atom stereocenters. The number of nitrogens with zero attached hydrogens (tertiary/aromatic N) is 3. The summed E-state index contributed by atoms with van der Waals surface area (Å²) in [6.07, 6.45) is 1.82. The minimum atomic E-state index is -0.448. The van der Waals surface area contributed by atoms with E-state index in [-0.39, 0.29) is 18.3 Å². The van der Waals surface area contributed by atoms with Crippen LogP contribution >= 0.6 is 0 Å². The van der Waals surface area contributed by atoms with Crippen LogP contribution in [0.4, 0.5) is 10.5 Å². The molecule has 0 bridgehead atoms. The summed E-state index contributed by atoms with van der Waals surface area (Å²) in [7, 11) is 0. The number of ether oxygens (including phenoxy) is 1. The Balaban J connectivity index is 1.63. The van der Waals surface area contributed by atoms with Gasteiger partial charge in [-0.25, -0.2) is 9.79 Å². The zero-order valence-electron chi connectivity index (χ0n) is 14.0. The molecule has 2 aromatic rings. The lowest BCUT2D eigenvalue weighted by Crippen LogP contribution is -2.39. The number of hydrogen-bond donors (Lipinski definition) is 0. The van der Waals surface area contributed by atoms with Crippen LogP contribution in [-0.4, -0.2) is 35.0 Å². The van der Waals surface area contributed by atoms with Gasteiger partial charge in [-0.05, 0) is 36.5 Å². The highest BCUT2D eigenvalue weighted by molar-refractivity contribution is 6.02. The maximum atomic E-state index is 12.1. The number of rotatable bonds is 5.